The number of carbonyl (C=O) groups is 1. The summed E-state index contributed by atoms with van der Waals surface area (Å²) >= 11 is 0. The quantitative estimate of drug-likeness (QED) is 0.659. The lowest BCUT2D eigenvalue weighted by molar-refractivity contribution is -0.116. The Bertz CT molecular complexity index is 982. The van der Waals surface area contributed by atoms with Crippen LogP contribution in [0.2, 0.25) is 0 Å². The first-order valence-electron chi connectivity index (χ1n) is 7.08. The Balaban J connectivity index is 1.81. The molecule has 1 amide bonds. The zero-order valence-electron chi connectivity index (χ0n) is 12.4. The lowest BCUT2D eigenvalue weighted by atomic mass is 10.2. The Kier molecular flexibility index (Phi) is 3.80. The van der Waals surface area contributed by atoms with Crippen molar-refractivity contribution >= 4 is 22.6 Å². The molecule has 2 heterocycles. The van der Waals surface area contributed by atoms with Gasteiger partial charge in [-0.05, 0) is 19.1 Å². The second-order valence-electron chi connectivity index (χ2n) is 5.16. The van der Waals surface area contributed by atoms with Gasteiger partial charge in [-0.25, -0.2) is 4.79 Å². The van der Waals surface area contributed by atoms with Gasteiger partial charge >= 0.3 is 5.69 Å². The predicted octanol–water partition coefficient (Wildman–Crippen LogP) is 0.750. The first-order valence-corrected chi connectivity index (χ1v) is 7.08. The molecule has 0 atom stereocenters. The van der Waals surface area contributed by atoms with Crippen LogP contribution in [0.1, 0.15) is 12.1 Å². The van der Waals surface area contributed by atoms with Crippen molar-refractivity contribution in [1.29, 1.82) is 0 Å². The van der Waals surface area contributed by atoms with E-state index in [1.54, 1.807) is 30.3 Å². The van der Waals surface area contributed by atoms with Crippen molar-refractivity contribution in [2.24, 2.45) is 0 Å². The highest BCUT2D eigenvalue weighted by atomic mass is 16.2. The second kappa shape index (κ2) is 5.91. The van der Waals surface area contributed by atoms with Crippen molar-refractivity contribution in [2.75, 3.05) is 5.32 Å². The maximum absolute atomic E-state index is 12.0. The maximum atomic E-state index is 12.0. The lowest BCUT2D eigenvalue weighted by Crippen LogP contribution is -2.31. The molecule has 23 heavy (non-hydrogen) atoms. The van der Waals surface area contributed by atoms with Crippen molar-refractivity contribution in [3.8, 4) is 0 Å². The molecule has 8 heteroatoms. The third-order valence-corrected chi connectivity index (χ3v) is 3.44. The van der Waals surface area contributed by atoms with Crippen molar-refractivity contribution < 1.29 is 4.79 Å². The van der Waals surface area contributed by atoms with Crippen LogP contribution in [0, 0.1) is 6.92 Å². The van der Waals surface area contributed by atoms with E-state index in [-0.39, 0.29) is 18.9 Å². The molecule has 0 radical (unpaired) electrons. The van der Waals surface area contributed by atoms with E-state index in [2.05, 4.69) is 20.5 Å². The summed E-state index contributed by atoms with van der Waals surface area (Å²) in [6, 6.07) is 8.49. The minimum absolute atomic E-state index is 0.0852. The number of aromatic amines is 2. The van der Waals surface area contributed by atoms with Crippen LogP contribution in [0.3, 0.4) is 0 Å². The molecule has 3 rings (SSSR count). The fourth-order valence-corrected chi connectivity index (χ4v) is 2.37. The van der Waals surface area contributed by atoms with Crippen molar-refractivity contribution in [2.45, 2.75) is 19.9 Å². The number of nitrogens with zero attached hydrogens (tertiary/aromatic N) is 2. The van der Waals surface area contributed by atoms with E-state index in [0.717, 1.165) is 5.69 Å². The normalized spacial score (nSPS) is 10.8. The summed E-state index contributed by atoms with van der Waals surface area (Å²) in [5, 5.41) is 9.70. The van der Waals surface area contributed by atoms with E-state index in [9.17, 15) is 14.4 Å². The average molecular weight is 313 g/mol. The number of fused-ring (bicyclic) bond motifs is 1. The number of hydrogen-bond acceptors (Lipinski definition) is 4. The highest BCUT2D eigenvalue weighted by Gasteiger charge is 2.10. The van der Waals surface area contributed by atoms with Gasteiger partial charge in [0.15, 0.2) is 5.82 Å². The number of amides is 1. The van der Waals surface area contributed by atoms with Crippen LogP contribution < -0.4 is 16.6 Å². The minimum atomic E-state index is -0.530. The summed E-state index contributed by atoms with van der Waals surface area (Å²) < 4.78 is 1.38. The number of H-pyrrole nitrogens is 2. The largest absolute Gasteiger partial charge is 0.328 e. The van der Waals surface area contributed by atoms with E-state index in [1.807, 2.05) is 6.92 Å². The summed E-state index contributed by atoms with van der Waals surface area (Å²) in [7, 11) is 0. The molecule has 8 nitrogen and oxygen atoms in total. The monoisotopic (exact) mass is 313 g/mol. The molecule has 0 aliphatic carbocycles. The molecule has 2 aromatic heterocycles. The van der Waals surface area contributed by atoms with Gasteiger partial charge in [0.2, 0.25) is 5.91 Å². The van der Waals surface area contributed by atoms with Gasteiger partial charge in [-0.2, -0.15) is 5.10 Å². The second-order valence-corrected chi connectivity index (χ2v) is 5.16. The summed E-state index contributed by atoms with van der Waals surface area (Å²) in [6.45, 7) is 1.99. The number of hydrogen-bond donors (Lipinski definition) is 3. The number of nitrogens with one attached hydrogen (secondary N) is 3. The lowest BCUT2D eigenvalue weighted by Gasteiger charge is -2.09. The number of rotatable bonds is 4. The SMILES string of the molecule is Cc1cc(NC(=O)CCn2c(=O)[nH]c(=O)c3ccccc32)n[nH]1. The molecule has 1 aromatic carbocycles. The van der Waals surface area contributed by atoms with Gasteiger partial charge in [0.05, 0.1) is 10.9 Å². The standard InChI is InChI=1S/C15H15N5O3/c1-9-8-12(19-18-9)16-13(21)6-7-20-11-5-3-2-4-10(11)14(22)17-15(20)23/h2-5,8H,6-7H2,1H3,(H,17,22,23)(H2,16,18,19,21). The van der Waals surface area contributed by atoms with Crippen molar-refractivity contribution in [1.82, 2.24) is 19.7 Å². The Morgan fingerprint density at radius 3 is 2.83 bits per heavy atom. The molecule has 0 spiro atoms. The first-order chi connectivity index (χ1) is 11.0. The Labute approximate surface area is 130 Å². The van der Waals surface area contributed by atoms with E-state index in [0.29, 0.717) is 16.7 Å². The highest BCUT2D eigenvalue weighted by molar-refractivity contribution is 5.89. The summed E-state index contributed by atoms with van der Waals surface area (Å²) in [5.41, 5.74) is 0.378. The van der Waals surface area contributed by atoms with Crippen LogP contribution in [0.25, 0.3) is 10.9 Å². The smallest absolute Gasteiger partial charge is 0.309 e. The van der Waals surface area contributed by atoms with Gasteiger partial charge in [0, 0.05) is 24.7 Å². The minimum Gasteiger partial charge on any atom is -0.309 e. The molecule has 3 aromatic rings. The third-order valence-electron chi connectivity index (χ3n) is 3.44. The molecule has 3 N–H and O–H groups in total. The third kappa shape index (κ3) is 3.05. The van der Waals surface area contributed by atoms with Crippen LogP contribution in [0.4, 0.5) is 5.82 Å². The van der Waals surface area contributed by atoms with Gasteiger partial charge in [0.1, 0.15) is 0 Å². The van der Waals surface area contributed by atoms with E-state index < -0.39 is 11.2 Å². The number of aryl methyl sites for hydroxylation is 2. The zero-order chi connectivity index (χ0) is 16.4. The van der Waals surface area contributed by atoms with Gasteiger partial charge in [-0.1, -0.05) is 12.1 Å². The van der Waals surface area contributed by atoms with Crippen molar-refractivity contribution in [3.05, 3.63) is 56.9 Å². The molecule has 118 valence electrons. The fourth-order valence-electron chi connectivity index (χ4n) is 2.37. The zero-order valence-corrected chi connectivity index (χ0v) is 12.4. The van der Waals surface area contributed by atoms with Crippen LogP contribution in [0.15, 0.2) is 39.9 Å². The number of aromatic nitrogens is 4. The Hall–Kier alpha value is -3.16. The highest BCUT2D eigenvalue weighted by Crippen LogP contribution is 2.08. The Morgan fingerprint density at radius 2 is 2.09 bits per heavy atom. The van der Waals surface area contributed by atoms with E-state index in [1.165, 1.54) is 4.57 Å². The van der Waals surface area contributed by atoms with Crippen molar-refractivity contribution in [3.63, 3.8) is 0 Å². The van der Waals surface area contributed by atoms with Gasteiger partial charge in [-0.15, -0.1) is 0 Å². The molecule has 0 fully saturated rings. The average Bonchev–Trinajstić information content (AvgIpc) is 2.92. The number of para-hydroxylation sites is 1. The fraction of sp³-hybridized carbons (Fsp3) is 0.200. The molecule has 0 aliphatic heterocycles. The van der Waals surface area contributed by atoms with E-state index in [4.69, 9.17) is 0 Å². The molecule has 0 aliphatic rings. The molecular formula is C15H15N5O3. The number of carbonyl (C=O) groups excluding carboxylic acids is 1. The molecule has 0 bridgehead atoms. The first kappa shape index (κ1) is 14.8. The molecule has 0 unspecified atom stereocenters. The number of anilines is 1. The maximum Gasteiger partial charge on any atom is 0.328 e. The Morgan fingerprint density at radius 1 is 1.30 bits per heavy atom. The van der Waals surface area contributed by atoms with E-state index >= 15 is 0 Å². The van der Waals surface area contributed by atoms with Gasteiger partial charge in [-0.3, -0.25) is 24.2 Å². The predicted molar refractivity (Wildman–Crippen MR) is 85.4 cm³/mol. The molecule has 0 saturated carbocycles. The van der Waals surface area contributed by atoms with Crippen LogP contribution in [-0.2, 0) is 11.3 Å². The molecule has 0 saturated heterocycles. The van der Waals surface area contributed by atoms with Crippen LogP contribution >= 0.6 is 0 Å². The van der Waals surface area contributed by atoms with Gasteiger partial charge in [0.25, 0.3) is 5.56 Å². The summed E-state index contributed by atoms with van der Waals surface area (Å²) in [6.07, 6.45) is 0.0852. The number of benzene rings is 1. The molecular weight excluding hydrogens is 298 g/mol. The van der Waals surface area contributed by atoms with Crippen LogP contribution in [0.5, 0.6) is 0 Å². The topological polar surface area (TPSA) is 113 Å². The summed E-state index contributed by atoms with van der Waals surface area (Å²) in [4.78, 5) is 38.0. The summed E-state index contributed by atoms with van der Waals surface area (Å²) in [5.74, 6) is 0.171. The van der Waals surface area contributed by atoms with Crippen LogP contribution in [-0.4, -0.2) is 25.7 Å². The van der Waals surface area contributed by atoms with Gasteiger partial charge < -0.3 is 5.32 Å².